The van der Waals surface area contributed by atoms with Gasteiger partial charge in [0, 0.05) is 36.6 Å². The first-order valence-electron chi connectivity index (χ1n) is 7.19. The minimum atomic E-state index is -0.574. The van der Waals surface area contributed by atoms with E-state index in [-0.39, 0.29) is 6.04 Å². The average molecular weight is 302 g/mol. The third kappa shape index (κ3) is 3.96. The van der Waals surface area contributed by atoms with Crippen molar-refractivity contribution >= 4 is 0 Å². The van der Waals surface area contributed by atoms with Crippen LogP contribution >= 0.6 is 0 Å². The number of ether oxygens (including phenoxy) is 2. The van der Waals surface area contributed by atoms with E-state index in [0.717, 1.165) is 22.6 Å². The molecular formula is C17H22N2O3. The second kappa shape index (κ2) is 7.77. The summed E-state index contributed by atoms with van der Waals surface area (Å²) in [5.74, 6) is 1.52. The van der Waals surface area contributed by atoms with Gasteiger partial charge in [-0.3, -0.25) is 4.98 Å². The summed E-state index contributed by atoms with van der Waals surface area (Å²) in [6, 6.07) is 9.38. The van der Waals surface area contributed by atoms with Crippen molar-refractivity contribution in [1.82, 2.24) is 10.3 Å². The molecule has 2 unspecified atom stereocenters. The van der Waals surface area contributed by atoms with Crippen molar-refractivity contribution in [2.45, 2.75) is 19.1 Å². The quantitative estimate of drug-likeness (QED) is 0.822. The van der Waals surface area contributed by atoms with E-state index >= 15 is 0 Å². The zero-order valence-electron chi connectivity index (χ0n) is 13.1. The number of nitrogens with one attached hydrogen (secondary N) is 1. The van der Waals surface area contributed by atoms with Crippen LogP contribution in [0.15, 0.2) is 42.7 Å². The zero-order valence-corrected chi connectivity index (χ0v) is 13.1. The van der Waals surface area contributed by atoms with Gasteiger partial charge in [-0.1, -0.05) is 6.07 Å². The number of nitrogens with zero attached hydrogens (tertiary/aromatic N) is 1. The van der Waals surface area contributed by atoms with Crippen LogP contribution in [-0.4, -0.2) is 30.9 Å². The summed E-state index contributed by atoms with van der Waals surface area (Å²) in [5.41, 5.74) is 1.86. The van der Waals surface area contributed by atoms with Crippen molar-refractivity contribution < 1.29 is 14.6 Å². The van der Waals surface area contributed by atoms with E-state index in [1.807, 2.05) is 37.3 Å². The van der Waals surface area contributed by atoms with E-state index in [1.54, 1.807) is 26.6 Å². The molecule has 1 heterocycles. The first kappa shape index (κ1) is 16.3. The van der Waals surface area contributed by atoms with E-state index in [0.29, 0.717) is 6.54 Å². The van der Waals surface area contributed by atoms with Crippen LogP contribution in [0.1, 0.15) is 30.2 Å². The van der Waals surface area contributed by atoms with Crippen LogP contribution in [-0.2, 0) is 0 Å². The van der Waals surface area contributed by atoms with Gasteiger partial charge in [-0.05, 0) is 30.7 Å². The van der Waals surface area contributed by atoms with Crippen LogP contribution in [0.2, 0.25) is 0 Å². The fourth-order valence-electron chi connectivity index (χ4n) is 2.28. The summed E-state index contributed by atoms with van der Waals surface area (Å²) < 4.78 is 10.6. The molecule has 5 heteroatoms. The highest BCUT2D eigenvalue weighted by atomic mass is 16.5. The molecule has 0 bridgehead atoms. The fourth-order valence-corrected chi connectivity index (χ4v) is 2.28. The maximum absolute atomic E-state index is 10.2. The van der Waals surface area contributed by atoms with Gasteiger partial charge in [0.05, 0.1) is 20.3 Å². The first-order valence-corrected chi connectivity index (χ1v) is 7.19. The number of pyridine rings is 1. The van der Waals surface area contributed by atoms with Crippen LogP contribution in [0.25, 0.3) is 0 Å². The normalized spacial score (nSPS) is 13.5. The van der Waals surface area contributed by atoms with Gasteiger partial charge < -0.3 is 19.9 Å². The monoisotopic (exact) mass is 302 g/mol. The number of aliphatic hydroxyl groups excluding tert-OH is 1. The lowest BCUT2D eigenvalue weighted by molar-refractivity contribution is 0.170. The molecule has 2 N–H and O–H groups in total. The molecule has 2 atom stereocenters. The van der Waals surface area contributed by atoms with Crippen LogP contribution in [0.4, 0.5) is 0 Å². The predicted octanol–water partition coefficient (Wildman–Crippen LogP) is 2.48. The van der Waals surface area contributed by atoms with Crippen molar-refractivity contribution in [3.05, 3.63) is 53.9 Å². The Hall–Kier alpha value is -2.11. The molecule has 5 nitrogen and oxygen atoms in total. The van der Waals surface area contributed by atoms with Crippen molar-refractivity contribution in [3.63, 3.8) is 0 Å². The molecular weight excluding hydrogens is 280 g/mol. The van der Waals surface area contributed by atoms with Crippen molar-refractivity contribution in [2.75, 3.05) is 20.8 Å². The Morgan fingerprint density at radius 3 is 2.50 bits per heavy atom. The number of rotatable bonds is 7. The summed E-state index contributed by atoms with van der Waals surface area (Å²) >= 11 is 0. The van der Waals surface area contributed by atoms with Crippen molar-refractivity contribution in [3.8, 4) is 11.5 Å². The van der Waals surface area contributed by atoms with Crippen molar-refractivity contribution in [2.24, 2.45) is 0 Å². The highest BCUT2D eigenvalue weighted by Crippen LogP contribution is 2.29. The van der Waals surface area contributed by atoms with Crippen molar-refractivity contribution in [1.29, 1.82) is 0 Å². The minimum Gasteiger partial charge on any atom is -0.497 e. The Bertz CT molecular complexity index is 590. The Kier molecular flexibility index (Phi) is 5.75. The number of hydrogen-bond donors (Lipinski definition) is 2. The maximum atomic E-state index is 10.2. The summed E-state index contributed by atoms with van der Waals surface area (Å²) in [5, 5.41) is 13.5. The third-order valence-corrected chi connectivity index (χ3v) is 3.62. The molecule has 0 radical (unpaired) electrons. The van der Waals surface area contributed by atoms with E-state index in [9.17, 15) is 5.11 Å². The second-order valence-electron chi connectivity index (χ2n) is 5.03. The molecule has 0 aliphatic heterocycles. The SMILES string of the molecule is COc1ccc(C(C)NCC(O)c2ccncc2)c(OC)c1. The van der Waals surface area contributed by atoms with Gasteiger partial charge >= 0.3 is 0 Å². The summed E-state index contributed by atoms with van der Waals surface area (Å²) in [4.78, 5) is 3.95. The molecule has 1 aromatic carbocycles. The molecule has 0 saturated carbocycles. The van der Waals surface area contributed by atoms with Crippen LogP contribution in [0.3, 0.4) is 0 Å². The molecule has 0 aliphatic rings. The number of aromatic nitrogens is 1. The largest absolute Gasteiger partial charge is 0.497 e. The third-order valence-electron chi connectivity index (χ3n) is 3.62. The Morgan fingerprint density at radius 1 is 1.14 bits per heavy atom. The number of aliphatic hydroxyl groups is 1. The van der Waals surface area contributed by atoms with Gasteiger partial charge in [0.2, 0.25) is 0 Å². The molecule has 0 aliphatic carbocycles. The highest BCUT2D eigenvalue weighted by Gasteiger charge is 2.14. The summed E-state index contributed by atoms with van der Waals surface area (Å²) in [6.07, 6.45) is 2.78. The molecule has 118 valence electrons. The lowest BCUT2D eigenvalue weighted by atomic mass is 10.1. The molecule has 0 spiro atoms. The molecule has 2 rings (SSSR count). The Balaban J connectivity index is 2.01. The minimum absolute atomic E-state index is 0.0392. The van der Waals surface area contributed by atoms with Gasteiger partial charge in [-0.15, -0.1) is 0 Å². The Labute approximate surface area is 130 Å². The first-order chi connectivity index (χ1) is 10.7. The number of hydrogen-bond acceptors (Lipinski definition) is 5. The average Bonchev–Trinajstić information content (AvgIpc) is 2.59. The predicted molar refractivity (Wildman–Crippen MR) is 85.2 cm³/mol. The summed E-state index contributed by atoms with van der Waals surface area (Å²) in [7, 11) is 3.26. The lowest BCUT2D eigenvalue weighted by Gasteiger charge is -2.20. The number of benzene rings is 1. The van der Waals surface area contributed by atoms with E-state index in [4.69, 9.17) is 9.47 Å². The molecule has 2 aromatic rings. The highest BCUT2D eigenvalue weighted by molar-refractivity contribution is 5.42. The van der Waals surface area contributed by atoms with Gasteiger partial charge in [-0.2, -0.15) is 0 Å². The molecule has 1 aromatic heterocycles. The molecule has 0 fully saturated rings. The summed E-state index contributed by atoms with van der Waals surface area (Å²) in [6.45, 7) is 2.48. The van der Waals surface area contributed by atoms with Gasteiger partial charge in [0.25, 0.3) is 0 Å². The lowest BCUT2D eigenvalue weighted by Crippen LogP contribution is -2.25. The fraction of sp³-hybridized carbons (Fsp3) is 0.353. The van der Waals surface area contributed by atoms with Crippen LogP contribution in [0, 0.1) is 0 Å². The smallest absolute Gasteiger partial charge is 0.127 e. The molecule has 0 amide bonds. The Morgan fingerprint density at radius 2 is 1.86 bits per heavy atom. The maximum Gasteiger partial charge on any atom is 0.127 e. The second-order valence-corrected chi connectivity index (χ2v) is 5.03. The molecule has 22 heavy (non-hydrogen) atoms. The van der Waals surface area contributed by atoms with E-state index in [2.05, 4.69) is 10.3 Å². The van der Waals surface area contributed by atoms with Crippen LogP contribution < -0.4 is 14.8 Å². The van der Waals surface area contributed by atoms with E-state index in [1.165, 1.54) is 0 Å². The topological polar surface area (TPSA) is 63.6 Å². The standard InChI is InChI=1S/C17H22N2O3/c1-12(15-5-4-14(21-2)10-17(15)22-3)19-11-16(20)13-6-8-18-9-7-13/h4-10,12,16,19-20H,11H2,1-3H3. The van der Waals surface area contributed by atoms with Crippen LogP contribution in [0.5, 0.6) is 11.5 Å². The van der Waals surface area contributed by atoms with Gasteiger partial charge in [0.15, 0.2) is 0 Å². The van der Waals surface area contributed by atoms with Gasteiger partial charge in [0.1, 0.15) is 11.5 Å². The van der Waals surface area contributed by atoms with Gasteiger partial charge in [-0.25, -0.2) is 0 Å². The number of methoxy groups -OCH3 is 2. The molecule has 0 saturated heterocycles. The zero-order chi connectivity index (χ0) is 15.9. The van der Waals surface area contributed by atoms with E-state index < -0.39 is 6.10 Å².